The van der Waals surface area contributed by atoms with Gasteiger partial charge in [-0.25, -0.2) is 14.1 Å². The van der Waals surface area contributed by atoms with E-state index in [-0.39, 0.29) is 5.56 Å². The van der Waals surface area contributed by atoms with Gasteiger partial charge in [-0.2, -0.15) is 5.10 Å². The van der Waals surface area contributed by atoms with Crippen molar-refractivity contribution in [1.82, 2.24) is 14.8 Å². The second-order valence-corrected chi connectivity index (χ2v) is 3.98. The SMILES string of the molecule is CCc1nc2n(n1)Cc1c-2ccc(C=O)c1F. The normalized spacial score (nSPS) is 12.4. The molecule has 0 saturated heterocycles. The van der Waals surface area contributed by atoms with Crippen LogP contribution in [0.25, 0.3) is 11.4 Å². The van der Waals surface area contributed by atoms with E-state index in [2.05, 4.69) is 10.1 Å². The number of nitrogens with zero attached hydrogens (tertiary/aromatic N) is 3. The van der Waals surface area contributed by atoms with E-state index >= 15 is 0 Å². The van der Waals surface area contributed by atoms with Crippen LogP contribution in [0.1, 0.15) is 28.7 Å². The van der Waals surface area contributed by atoms with Crippen molar-refractivity contribution in [3.63, 3.8) is 0 Å². The van der Waals surface area contributed by atoms with Gasteiger partial charge in [-0.3, -0.25) is 4.79 Å². The molecule has 17 heavy (non-hydrogen) atoms. The number of carbonyl (C=O) groups excluding carboxylic acids is 1. The number of hydrogen-bond donors (Lipinski definition) is 0. The predicted molar refractivity (Wildman–Crippen MR) is 59.3 cm³/mol. The van der Waals surface area contributed by atoms with Crippen LogP contribution in [0.3, 0.4) is 0 Å². The van der Waals surface area contributed by atoms with E-state index in [1.807, 2.05) is 6.92 Å². The Morgan fingerprint density at radius 1 is 1.53 bits per heavy atom. The van der Waals surface area contributed by atoms with Gasteiger partial charge in [-0.05, 0) is 12.1 Å². The fraction of sp³-hybridized carbons (Fsp3) is 0.250. The Hall–Kier alpha value is -2.04. The van der Waals surface area contributed by atoms with Crippen LogP contribution in [-0.2, 0) is 13.0 Å². The first-order valence-corrected chi connectivity index (χ1v) is 5.45. The molecule has 4 nitrogen and oxygen atoms in total. The van der Waals surface area contributed by atoms with Crippen LogP contribution in [0.15, 0.2) is 12.1 Å². The van der Waals surface area contributed by atoms with E-state index < -0.39 is 5.82 Å². The lowest BCUT2D eigenvalue weighted by Gasteiger charge is -2.01. The van der Waals surface area contributed by atoms with E-state index in [9.17, 15) is 9.18 Å². The maximum atomic E-state index is 13.9. The molecule has 0 fully saturated rings. The number of hydrogen-bond acceptors (Lipinski definition) is 3. The molecule has 86 valence electrons. The summed E-state index contributed by atoms with van der Waals surface area (Å²) in [7, 11) is 0. The molecule has 0 radical (unpaired) electrons. The molecule has 0 N–H and O–H groups in total. The molecule has 2 heterocycles. The van der Waals surface area contributed by atoms with Gasteiger partial charge in [0, 0.05) is 17.5 Å². The molecule has 0 bridgehead atoms. The van der Waals surface area contributed by atoms with Crippen LogP contribution in [0.2, 0.25) is 0 Å². The number of halogens is 1. The number of aryl methyl sites for hydroxylation is 1. The first-order chi connectivity index (χ1) is 8.24. The zero-order valence-corrected chi connectivity index (χ0v) is 9.27. The fourth-order valence-electron chi connectivity index (χ4n) is 2.09. The third-order valence-electron chi connectivity index (χ3n) is 2.98. The van der Waals surface area contributed by atoms with Gasteiger partial charge in [0.1, 0.15) is 5.82 Å². The Balaban J connectivity index is 2.19. The summed E-state index contributed by atoms with van der Waals surface area (Å²) >= 11 is 0. The van der Waals surface area contributed by atoms with Gasteiger partial charge in [-0.15, -0.1) is 0 Å². The molecule has 0 unspecified atom stereocenters. The number of rotatable bonds is 2. The van der Waals surface area contributed by atoms with Crippen molar-refractivity contribution in [1.29, 1.82) is 0 Å². The van der Waals surface area contributed by atoms with Crippen molar-refractivity contribution in [2.24, 2.45) is 0 Å². The van der Waals surface area contributed by atoms with Gasteiger partial charge in [-0.1, -0.05) is 6.92 Å². The quantitative estimate of drug-likeness (QED) is 0.632. The van der Waals surface area contributed by atoms with Crippen molar-refractivity contribution in [3.8, 4) is 11.4 Å². The Morgan fingerprint density at radius 2 is 2.35 bits per heavy atom. The summed E-state index contributed by atoms with van der Waals surface area (Å²) < 4.78 is 15.6. The highest BCUT2D eigenvalue weighted by Gasteiger charge is 2.26. The number of fused-ring (bicyclic) bond motifs is 3. The minimum Gasteiger partial charge on any atom is -0.298 e. The maximum Gasteiger partial charge on any atom is 0.159 e. The van der Waals surface area contributed by atoms with Gasteiger partial charge in [0.05, 0.1) is 12.1 Å². The molecule has 2 aromatic rings. The number of aldehydes is 1. The van der Waals surface area contributed by atoms with Crippen molar-refractivity contribution in [2.45, 2.75) is 19.9 Å². The van der Waals surface area contributed by atoms with E-state index in [4.69, 9.17) is 0 Å². The fourth-order valence-corrected chi connectivity index (χ4v) is 2.09. The predicted octanol–water partition coefficient (Wildman–Crippen LogP) is 1.82. The van der Waals surface area contributed by atoms with Crippen LogP contribution in [0.5, 0.6) is 0 Å². The van der Waals surface area contributed by atoms with Crippen molar-refractivity contribution >= 4 is 6.29 Å². The lowest BCUT2D eigenvalue weighted by atomic mass is 10.1. The molecular formula is C12H10FN3O. The molecule has 0 saturated carbocycles. The lowest BCUT2D eigenvalue weighted by Crippen LogP contribution is -2.00. The maximum absolute atomic E-state index is 13.9. The first-order valence-electron chi connectivity index (χ1n) is 5.45. The third-order valence-corrected chi connectivity index (χ3v) is 2.98. The highest BCUT2D eigenvalue weighted by Crippen LogP contribution is 2.32. The molecule has 0 aliphatic carbocycles. The topological polar surface area (TPSA) is 47.8 Å². The summed E-state index contributed by atoms with van der Waals surface area (Å²) in [6.07, 6.45) is 1.28. The van der Waals surface area contributed by atoms with E-state index in [0.717, 1.165) is 17.8 Å². The average molecular weight is 231 g/mol. The molecule has 1 aromatic heterocycles. The molecule has 0 spiro atoms. The number of benzene rings is 1. The largest absolute Gasteiger partial charge is 0.298 e. The molecule has 1 aromatic carbocycles. The summed E-state index contributed by atoms with van der Waals surface area (Å²) in [6.45, 7) is 2.33. The molecule has 3 rings (SSSR count). The van der Waals surface area contributed by atoms with Crippen LogP contribution < -0.4 is 0 Å². The van der Waals surface area contributed by atoms with Crippen LogP contribution in [0, 0.1) is 5.82 Å². The van der Waals surface area contributed by atoms with Crippen molar-refractivity contribution in [3.05, 3.63) is 34.9 Å². The first kappa shape index (κ1) is 10.1. The highest BCUT2D eigenvalue weighted by molar-refractivity contribution is 5.79. The van der Waals surface area contributed by atoms with E-state index in [1.54, 1.807) is 10.7 Å². The summed E-state index contributed by atoms with van der Waals surface area (Å²) in [6, 6.07) is 3.21. The molecule has 1 aliphatic heterocycles. The Morgan fingerprint density at radius 3 is 3.06 bits per heavy atom. The van der Waals surface area contributed by atoms with E-state index in [0.29, 0.717) is 24.2 Å². The third kappa shape index (κ3) is 1.32. The highest BCUT2D eigenvalue weighted by atomic mass is 19.1. The standard InChI is InChI=1S/C12H10FN3O/c1-2-10-14-12-8-4-3-7(6-17)11(13)9(8)5-16(12)15-10/h3-4,6H,2,5H2,1H3. The second-order valence-electron chi connectivity index (χ2n) is 3.98. The van der Waals surface area contributed by atoms with Gasteiger partial charge in [0.2, 0.25) is 0 Å². The average Bonchev–Trinajstić information content (AvgIpc) is 2.87. The summed E-state index contributed by atoms with van der Waals surface area (Å²) in [5, 5.41) is 4.27. The number of aromatic nitrogens is 3. The monoisotopic (exact) mass is 231 g/mol. The zero-order valence-electron chi connectivity index (χ0n) is 9.27. The lowest BCUT2D eigenvalue weighted by molar-refractivity contribution is 0.111. The molecule has 5 heteroatoms. The smallest absolute Gasteiger partial charge is 0.159 e. The van der Waals surface area contributed by atoms with Crippen LogP contribution in [-0.4, -0.2) is 21.1 Å². The zero-order chi connectivity index (χ0) is 12.0. The minimum absolute atomic E-state index is 0.0882. The van der Waals surface area contributed by atoms with Crippen molar-refractivity contribution in [2.75, 3.05) is 0 Å². The molecule has 0 amide bonds. The molecule has 1 aliphatic rings. The van der Waals surface area contributed by atoms with Crippen LogP contribution in [0.4, 0.5) is 4.39 Å². The van der Waals surface area contributed by atoms with Gasteiger partial charge in [0.25, 0.3) is 0 Å². The minimum atomic E-state index is -0.456. The second kappa shape index (κ2) is 3.48. The van der Waals surface area contributed by atoms with E-state index in [1.165, 1.54) is 6.07 Å². The van der Waals surface area contributed by atoms with Gasteiger partial charge >= 0.3 is 0 Å². The summed E-state index contributed by atoms with van der Waals surface area (Å²) in [4.78, 5) is 15.0. The van der Waals surface area contributed by atoms with Gasteiger partial charge < -0.3 is 0 Å². The number of carbonyl (C=O) groups is 1. The Labute approximate surface area is 97.1 Å². The van der Waals surface area contributed by atoms with Gasteiger partial charge in [0.15, 0.2) is 17.9 Å². The Bertz CT molecular complexity index is 618. The summed E-state index contributed by atoms with van der Waals surface area (Å²) in [5.41, 5.74) is 1.33. The summed E-state index contributed by atoms with van der Waals surface area (Å²) in [5.74, 6) is 0.988. The van der Waals surface area contributed by atoms with Crippen LogP contribution >= 0.6 is 0 Å². The Kier molecular flexibility index (Phi) is 2.07. The van der Waals surface area contributed by atoms with Crippen molar-refractivity contribution < 1.29 is 9.18 Å². The molecular weight excluding hydrogens is 221 g/mol. The molecule has 0 atom stereocenters.